The number of hydrogen-bond acceptors (Lipinski definition) is 1. The highest BCUT2D eigenvalue weighted by atomic mass is 19.1. The second kappa shape index (κ2) is 4.61. The summed E-state index contributed by atoms with van der Waals surface area (Å²) in [5.41, 5.74) is -0.0430. The summed E-state index contributed by atoms with van der Waals surface area (Å²) in [7, 11) is 0. The van der Waals surface area contributed by atoms with Gasteiger partial charge in [0, 0.05) is 5.54 Å². The van der Waals surface area contributed by atoms with Crippen molar-refractivity contribution in [1.82, 2.24) is 4.90 Å². The van der Waals surface area contributed by atoms with Gasteiger partial charge in [-0.15, -0.1) is 0 Å². The van der Waals surface area contributed by atoms with Crippen LogP contribution in [0.3, 0.4) is 0 Å². The maximum absolute atomic E-state index is 13.3. The number of piperidine rings is 1. The number of alkyl halides is 1. The fourth-order valence-electron chi connectivity index (χ4n) is 3.11. The van der Waals surface area contributed by atoms with Gasteiger partial charge in [-0.3, -0.25) is 4.90 Å². The van der Waals surface area contributed by atoms with E-state index in [1.54, 1.807) is 0 Å². The van der Waals surface area contributed by atoms with Crippen LogP contribution in [-0.2, 0) is 0 Å². The van der Waals surface area contributed by atoms with Crippen LogP contribution in [0.2, 0.25) is 0 Å². The molecule has 0 N–H and O–H groups in total. The van der Waals surface area contributed by atoms with Gasteiger partial charge >= 0.3 is 0 Å². The maximum atomic E-state index is 13.3. The fourth-order valence-corrected chi connectivity index (χ4v) is 3.11. The third-order valence-electron chi connectivity index (χ3n) is 4.06. The van der Waals surface area contributed by atoms with E-state index in [9.17, 15) is 4.39 Å². The number of hydrogen-bond donors (Lipinski definition) is 0. The van der Waals surface area contributed by atoms with Crippen LogP contribution >= 0.6 is 0 Å². The van der Waals surface area contributed by atoms with E-state index in [1.165, 1.54) is 38.5 Å². The van der Waals surface area contributed by atoms with E-state index in [2.05, 4.69) is 4.90 Å². The molecule has 82 valence electrons. The summed E-state index contributed by atoms with van der Waals surface area (Å²) < 4.78 is 13.3. The molecule has 2 aliphatic rings. The van der Waals surface area contributed by atoms with Crippen molar-refractivity contribution in [3.05, 3.63) is 0 Å². The molecular weight excluding hydrogens is 177 g/mol. The predicted octanol–water partition coefficient (Wildman–Crippen LogP) is 3.14. The average molecular weight is 199 g/mol. The molecule has 0 aromatic heterocycles. The minimum absolute atomic E-state index is 0.0430. The minimum Gasteiger partial charge on any atom is -0.295 e. The quantitative estimate of drug-likeness (QED) is 0.660. The van der Waals surface area contributed by atoms with Crippen molar-refractivity contribution >= 4 is 0 Å². The second-order valence-corrected chi connectivity index (χ2v) is 4.97. The summed E-state index contributed by atoms with van der Waals surface area (Å²) in [5, 5.41) is 0. The molecule has 0 aromatic carbocycles. The van der Waals surface area contributed by atoms with Crippen LogP contribution in [0.25, 0.3) is 0 Å². The lowest BCUT2D eigenvalue weighted by Crippen LogP contribution is -2.53. The minimum atomic E-state index is -0.118. The van der Waals surface area contributed by atoms with Crippen LogP contribution in [-0.4, -0.2) is 30.2 Å². The van der Waals surface area contributed by atoms with Gasteiger partial charge in [0.25, 0.3) is 0 Å². The molecule has 0 radical (unpaired) electrons. The first-order chi connectivity index (χ1) is 6.87. The van der Waals surface area contributed by atoms with Crippen LogP contribution in [0.5, 0.6) is 0 Å². The normalized spacial score (nSPS) is 28.9. The molecule has 14 heavy (non-hydrogen) atoms. The van der Waals surface area contributed by atoms with Crippen molar-refractivity contribution in [2.45, 2.75) is 56.9 Å². The number of rotatable bonds is 2. The van der Waals surface area contributed by atoms with Crippen LogP contribution in [0, 0.1) is 0 Å². The molecule has 1 saturated carbocycles. The molecule has 0 spiro atoms. The van der Waals surface area contributed by atoms with E-state index in [4.69, 9.17) is 0 Å². The topological polar surface area (TPSA) is 3.24 Å². The third-order valence-corrected chi connectivity index (χ3v) is 4.06. The molecule has 2 fully saturated rings. The zero-order chi connectivity index (χ0) is 9.86. The molecule has 1 aliphatic heterocycles. The Hall–Kier alpha value is -0.110. The Morgan fingerprint density at radius 3 is 2.00 bits per heavy atom. The van der Waals surface area contributed by atoms with Gasteiger partial charge in [0.2, 0.25) is 0 Å². The van der Waals surface area contributed by atoms with Crippen LogP contribution < -0.4 is 0 Å². The van der Waals surface area contributed by atoms with E-state index in [1.807, 2.05) is 0 Å². The lowest BCUT2D eigenvalue weighted by molar-refractivity contribution is 0.0140. The van der Waals surface area contributed by atoms with Crippen LogP contribution in [0.4, 0.5) is 4.39 Å². The zero-order valence-corrected chi connectivity index (χ0v) is 9.10. The van der Waals surface area contributed by atoms with Gasteiger partial charge in [0.05, 0.1) is 0 Å². The molecule has 0 bridgehead atoms. The van der Waals surface area contributed by atoms with Crippen molar-refractivity contribution in [2.75, 3.05) is 19.8 Å². The molecule has 0 aromatic rings. The van der Waals surface area contributed by atoms with E-state index in [-0.39, 0.29) is 12.2 Å². The Morgan fingerprint density at radius 2 is 1.43 bits per heavy atom. The third kappa shape index (κ3) is 1.95. The van der Waals surface area contributed by atoms with E-state index in [0.29, 0.717) is 0 Å². The highest BCUT2D eigenvalue weighted by Crippen LogP contribution is 2.35. The Labute approximate surface area is 86.7 Å². The lowest BCUT2D eigenvalue weighted by atomic mass is 9.80. The summed E-state index contributed by atoms with van der Waals surface area (Å²) in [6.07, 6.45) is 9.89. The Balaban J connectivity index is 2.01. The molecule has 1 nitrogen and oxygen atoms in total. The SMILES string of the molecule is FCC1(N2CCCCC2)CCCCC1. The van der Waals surface area contributed by atoms with Gasteiger partial charge in [0.15, 0.2) is 0 Å². The molecule has 0 amide bonds. The van der Waals surface area contributed by atoms with Gasteiger partial charge in [-0.2, -0.15) is 0 Å². The zero-order valence-electron chi connectivity index (χ0n) is 9.10. The highest BCUT2D eigenvalue weighted by molar-refractivity contribution is 4.93. The van der Waals surface area contributed by atoms with Crippen LogP contribution in [0.15, 0.2) is 0 Å². The van der Waals surface area contributed by atoms with Gasteiger partial charge in [0.1, 0.15) is 6.67 Å². The average Bonchev–Trinajstić information content (AvgIpc) is 2.31. The smallest absolute Gasteiger partial charge is 0.108 e. The highest BCUT2D eigenvalue weighted by Gasteiger charge is 2.38. The molecular formula is C12H22FN. The molecule has 2 rings (SSSR count). The van der Waals surface area contributed by atoms with E-state index in [0.717, 1.165) is 25.9 Å². The summed E-state index contributed by atoms with van der Waals surface area (Å²) >= 11 is 0. The van der Waals surface area contributed by atoms with Gasteiger partial charge < -0.3 is 0 Å². The van der Waals surface area contributed by atoms with Crippen molar-refractivity contribution < 1.29 is 4.39 Å². The van der Waals surface area contributed by atoms with Gasteiger partial charge in [-0.25, -0.2) is 4.39 Å². The van der Waals surface area contributed by atoms with Crippen molar-refractivity contribution in [3.8, 4) is 0 Å². The van der Waals surface area contributed by atoms with E-state index < -0.39 is 0 Å². The second-order valence-electron chi connectivity index (χ2n) is 4.97. The molecule has 1 aliphatic carbocycles. The maximum Gasteiger partial charge on any atom is 0.108 e. The Bertz CT molecular complexity index is 169. The standard InChI is InChI=1S/C12H22FN/c13-11-12(7-3-1-4-8-12)14-9-5-2-6-10-14/h1-11H2. The first-order valence-corrected chi connectivity index (χ1v) is 6.18. The van der Waals surface area contributed by atoms with Crippen molar-refractivity contribution in [1.29, 1.82) is 0 Å². The number of halogens is 1. The first-order valence-electron chi connectivity index (χ1n) is 6.18. The largest absolute Gasteiger partial charge is 0.295 e. The van der Waals surface area contributed by atoms with E-state index >= 15 is 0 Å². The first kappa shape index (κ1) is 10.4. The summed E-state index contributed by atoms with van der Waals surface area (Å²) in [5.74, 6) is 0. The summed E-state index contributed by atoms with van der Waals surface area (Å²) in [6.45, 7) is 2.17. The lowest BCUT2D eigenvalue weighted by Gasteiger charge is -2.46. The van der Waals surface area contributed by atoms with Gasteiger partial charge in [-0.1, -0.05) is 25.7 Å². The monoisotopic (exact) mass is 199 g/mol. The molecule has 0 unspecified atom stereocenters. The molecule has 2 heteroatoms. The fraction of sp³-hybridized carbons (Fsp3) is 1.00. The van der Waals surface area contributed by atoms with Gasteiger partial charge in [-0.05, 0) is 38.8 Å². The van der Waals surface area contributed by atoms with Crippen molar-refractivity contribution in [3.63, 3.8) is 0 Å². The van der Waals surface area contributed by atoms with Crippen molar-refractivity contribution in [2.24, 2.45) is 0 Å². The Kier molecular flexibility index (Phi) is 3.42. The predicted molar refractivity (Wildman–Crippen MR) is 57.2 cm³/mol. The number of likely N-dealkylation sites (tertiary alicyclic amines) is 1. The van der Waals surface area contributed by atoms with Crippen LogP contribution in [0.1, 0.15) is 51.4 Å². The molecule has 0 atom stereocenters. The summed E-state index contributed by atoms with van der Waals surface area (Å²) in [4.78, 5) is 2.45. The summed E-state index contributed by atoms with van der Waals surface area (Å²) in [6, 6.07) is 0. The Morgan fingerprint density at radius 1 is 0.857 bits per heavy atom. The molecule has 1 saturated heterocycles. The molecule has 1 heterocycles. The number of nitrogens with zero attached hydrogens (tertiary/aromatic N) is 1.